The van der Waals surface area contributed by atoms with E-state index in [1.807, 2.05) is 75.4 Å². The van der Waals surface area contributed by atoms with Gasteiger partial charge in [0.15, 0.2) is 0 Å². The molecule has 1 aliphatic rings. The zero-order valence-corrected chi connectivity index (χ0v) is 19.9. The lowest BCUT2D eigenvalue weighted by Gasteiger charge is -2.14. The van der Waals surface area contributed by atoms with Gasteiger partial charge in [-0.25, -0.2) is 0 Å². The predicted molar refractivity (Wildman–Crippen MR) is 131 cm³/mol. The molecule has 2 heterocycles. The van der Waals surface area contributed by atoms with Gasteiger partial charge in [-0.1, -0.05) is 24.3 Å². The summed E-state index contributed by atoms with van der Waals surface area (Å²) >= 11 is 0.962. The number of thioether (sulfide) groups is 1. The molecule has 0 N–H and O–H groups in total. The number of carbonyl (C=O) groups is 2. The van der Waals surface area contributed by atoms with E-state index in [2.05, 4.69) is 4.57 Å². The monoisotopic (exact) mass is 462 g/mol. The maximum atomic E-state index is 12.9. The number of carbonyl (C=O) groups excluding carboxylic acids is 2. The first-order valence-electron chi connectivity index (χ1n) is 10.7. The minimum absolute atomic E-state index is 0.205. The Kier molecular flexibility index (Phi) is 6.60. The van der Waals surface area contributed by atoms with Crippen LogP contribution in [-0.2, 0) is 4.79 Å². The van der Waals surface area contributed by atoms with Gasteiger partial charge in [-0.05, 0) is 80.1 Å². The van der Waals surface area contributed by atoms with E-state index in [4.69, 9.17) is 9.47 Å². The number of amides is 2. The van der Waals surface area contributed by atoms with Crippen LogP contribution in [0.4, 0.5) is 4.79 Å². The third kappa shape index (κ3) is 4.68. The van der Waals surface area contributed by atoms with Crippen LogP contribution in [0.3, 0.4) is 0 Å². The molecule has 1 fully saturated rings. The van der Waals surface area contributed by atoms with Crippen LogP contribution in [0.15, 0.2) is 59.5 Å². The first-order valence-corrected chi connectivity index (χ1v) is 11.5. The Morgan fingerprint density at radius 1 is 1.00 bits per heavy atom. The third-order valence-electron chi connectivity index (χ3n) is 5.53. The standard InChI is InChI=1S/C26H26N2O4S/c1-17-8-7-9-21(14-17)32-13-12-27-25(29)24(33-26(27)30)16-20-15-18(2)28(19(20)3)22-10-5-6-11-23(22)31-4/h5-11,14-16H,12-13H2,1-4H3/b24-16-. The summed E-state index contributed by atoms with van der Waals surface area (Å²) in [5, 5.41) is -0.280. The predicted octanol–water partition coefficient (Wildman–Crippen LogP) is 5.53. The van der Waals surface area contributed by atoms with E-state index in [1.54, 1.807) is 13.2 Å². The molecule has 1 saturated heterocycles. The van der Waals surface area contributed by atoms with Crippen molar-refractivity contribution in [1.29, 1.82) is 0 Å². The molecular weight excluding hydrogens is 436 g/mol. The van der Waals surface area contributed by atoms with Gasteiger partial charge in [0.1, 0.15) is 18.1 Å². The van der Waals surface area contributed by atoms with Gasteiger partial charge >= 0.3 is 0 Å². The number of hydrogen-bond donors (Lipinski definition) is 0. The fourth-order valence-corrected chi connectivity index (χ4v) is 4.77. The van der Waals surface area contributed by atoms with Gasteiger partial charge in [-0.3, -0.25) is 14.5 Å². The highest BCUT2D eigenvalue weighted by Crippen LogP contribution is 2.34. The van der Waals surface area contributed by atoms with Gasteiger partial charge in [0.25, 0.3) is 11.1 Å². The molecule has 0 spiro atoms. The Balaban J connectivity index is 1.52. The molecule has 0 saturated carbocycles. The molecule has 1 aromatic heterocycles. The number of ether oxygens (including phenoxy) is 2. The normalized spacial score (nSPS) is 14.9. The number of benzene rings is 2. The average Bonchev–Trinajstić information content (AvgIpc) is 3.22. The fourth-order valence-electron chi connectivity index (χ4n) is 3.91. The highest BCUT2D eigenvalue weighted by molar-refractivity contribution is 8.18. The van der Waals surface area contributed by atoms with E-state index in [0.29, 0.717) is 4.91 Å². The van der Waals surface area contributed by atoms with Gasteiger partial charge in [0.05, 0.1) is 24.2 Å². The molecule has 6 nitrogen and oxygen atoms in total. The number of rotatable bonds is 7. The SMILES string of the molecule is COc1ccccc1-n1c(C)cc(/C=C2\SC(=O)N(CCOc3cccc(C)c3)C2=O)c1C. The Morgan fingerprint density at radius 2 is 1.79 bits per heavy atom. The van der Waals surface area contributed by atoms with Crippen molar-refractivity contribution in [2.45, 2.75) is 20.8 Å². The number of hydrogen-bond acceptors (Lipinski definition) is 5. The quantitative estimate of drug-likeness (QED) is 0.432. The minimum atomic E-state index is -0.292. The molecule has 2 aromatic carbocycles. The molecule has 4 rings (SSSR count). The lowest BCUT2D eigenvalue weighted by Crippen LogP contribution is -2.32. The molecule has 1 aliphatic heterocycles. The maximum absolute atomic E-state index is 12.9. The van der Waals surface area contributed by atoms with E-state index in [0.717, 1.165) is 51.5 Å². The van der Waals surface area contributed by atoms with E-state index < -0.39 is 0 Å². The second kappa shape index (κ2) is 9.58. The Morgan fingerprint density at radius 3 is 2.55 bits per heavy atom. The van der Waals surface area contributed by atoms with Crippen LogP contribution in [0.1, 0.15) is 22.5 Å². The largest absolute Gasteiger partial charge is 0.495 e. The molecule has 0 radical (unpaired) electrons. The molecule has 0 unspecified atom stereocenters. The summed E-state index contributed by atoms with van der Waals surface area (Å²) in [7, 11) is 1.65. The summed E-state index contributed by atoms with van der Waals surface area (Å²) in [5.41, 5.74) is 4.88. The first kappa shape index (κ1) is 22.7. The second-order valence-electron chi connectivity index (χ2n) is 7.83. The summed E-state index contributed by atoms with van der Waals surface area (Å²) in [6.45, 7) is 6.43. The van der Waals surface area contributed by atoms with Gasteiger partial charge in [-0.2, -0.15) is 0 Å². The topological polar surface area (TPSA) is 60.8 Å². The average molecular weight is 463 g/mol. The highest BCUT2D eigenvalue weighted by Gasteiger charge is 2.35. The zero-order valence-electron chi connectivity index (χ0n) is 19.1. The van der Waals surface area contributed by atoms with Crippen molar-refractivity contribution in [3.8, 4) is 17.2 Å². The third-order valence-corrected chi connectivity index (χ3v) is 6.44. The van der Waals surface area contributed by atoms with E-state index >= 15 is 0 Å². The van der Waals surface area contributed by atoms with Crippen LogP contribution in [-0.4, -0.2) is 40.9 Å². The van der Waals surface area contributed by atoms with Crippen LogP contribution >= 0.6 is 11.8 Å². The molecule has 2 amide bonds. The number of nitrogens with zero attached hydrogens (tertiary/aromatic N) is 2. The molecule has 3 aromatic rings. The molecule has 33 heavy (non-hydrogen) atoms. The van der Waals surface area contributed by atoms with E-state index in [9.17, 15) is 9.59 Å². The number of imide groups is 1. The maximum Gasteiger partial charge on any atom is 0.293 e. The number of aryl methyl sites for hydroxylation is 2. The van der Waals surface area contributed by atoms with Crippen molar-refractivity contribution in [1.82, 2.24) is 9.47 Å². The number of para-hydroxylation sites is 2. The van der Waals surface area contributed by atoms with Crippen LogP contribution in [0.25, 0.3) is 11.8 Å². The first-order chi connectivity index (χ1) is 15.9. The smallest absolute Gasteiger partial charge is 0.293 e. The molecule has 0 atom stereocenters. The summed E-state index contributed by atoms with van der Waals surface area (Å²) in [6.07, 6.45) is 1.79. The van der Waals surface area contributed by atoms with Gasteiger partial charge in [-0.15, -0.1) is 0 Å². The Labute approximate surface area is 197 Å². The lowest BCUT2D eigenvalue weighted by molar-refractivity contribution is -0.123. The fraction of sp³-hybridized carbons (Fsp3) is 0.231. The van der Waals surface area contributed by atoms with Crippen LogP contribution in [0, 0.1) is 20.8 Å². The summed E-state index contributed by atoms with van der Waals surface area (Å²) < 4.78 is 13.3. The van der Waals surface area contributed by atoms with Gasteiger partial charge in [0, 0.05) is 11.4 Å². The van der Waals surface area contributed by atoms with Crippen LogP contribution < -0.4 is 9.47 Å². The number of aromatic nitrogens is 1. The molecule has 170 valence electrons. The van der Waals surface area contributed by atoms with Crippen molar-refractivity contribution < 1.29 is 19.1 Å². The number of methoxy groups -OCH3 is 1. The second-order valence-corrected chi connectivity index (χ2v) is 8.83. The van der Waals surface area contributed by atoms with Gasteiger partial charge in [0.2, 0.25) is 0 Å². The van der Waals surface area contributed by atoms with Crippen molar-refractivity contribution in [3.05, 3.63) is 82.0 Å². The van der Waals surface area contributed by atoms with E-state index in [1.165, 1.54) is 4.90 Å². The van der Waals surface area contributed by atoms with Crippen LogP contribution in [0.2, 0.25) is 0 Å². The summed E-state index contributed by atoms with van der Waals surface area (Å²) in [4.78, 5) is 27.1. The van der Waals surface area contributed by atoms with Crippen LogP contribution in [0.5, 0.6) is 11.5 Å². The Hall–Kier alpha value is -3.45. The van der Waals surface area contributed by atoms with E-state index in [-0.39, 0.29) is 24.3 Å². The molecule has 0 aliphatic carbocycles. The van der Waals surface area contributed by atoms with Gasteiger partial charge < -0.3 is 14.0 Å². The van der Waals surface area contributed by atoms with Crippen molar-refractivity contribution in [3.63, 3.8) is 0 Å². The minimum Gasteiger partial charge on any atom is -0.495 e. The molecule has 0 bridgehead atoms. The van der Waals surface area contributed by atoms with Crippen molar-refractivity contribution >= 4 is 29.0 Å². The summed E-state index contributed by atoms with van der Waals surface area (Å²) in [6, 6.07) is 17.5. The zero-order chi connectivity index (χ0) is 23.5. The van der Waals surface area contributed by atoms with Crippen molar-refractivity contribution in [2.75, 3.05) is 20.3 Å². The highest BCUT2D eigenvalue weighted by atomic mass is 32.2. The Bertz CT molecular complexity index is 1240. The lowest BCUT2D eigenvalue weighted by atomic mass is 10.2. The molecular formula is C26H26N2O4S. The van der Waals surface area contributed by atoms with Crippen molar-refractivity contribution in [2.24, 2.45) is 0 Å². The molecule has 7 heteroatoms. The summed E-state index contributed by atoms with van der Waals surface area (Å²) in [5.74, 6) is 1.20.